The standard InChI is InChI=1S/C12H20N2/c1-10(13)8-9-11-6-4-5-7-12(11)14(2)3/h4-7,10H,8-9,13H2,1-3H3/t10-/m1/s1. The quantitative estimate of drug-likeness (QED) is 0.791. The van der Waals surface area contributed by atoms with Gasteiger partial charge in [0.25, 0.3) is 0 Å². The van der Waals surface area contributed by atoms with Crippen LogP contribution in [0, 0.1) is 0 Å². The minimum absolute atomic E-state index is 0.283. The van der Waals surface area contributed by atoms with Crippen molar-refractivity contribution >= 4 is 5.69 Å². The molecular weight excluding hydrogens is 172 g/mol. The number of aryl methyl sites for hydroxylation is 1. The number of nitrogens with two attached hydrogens (primary N) is 1. The van der Waals surface area contributed by atoms with E-state index in [1.807, 2.05) is 0 Å². The molecule has 1 atom stereocenters. The van der Waals surface area contributed by atoms with Gasteiger partial charge in [0.15, 0.2) is 0 Å². The molecule has 0 saturated heterocycles. The predicted molar refractivity (Wildman–Crippen MR) is 62.7 cm³/mol. The Morgan fingerprint density at radius 1 is 1.29 bits per heavy atom. The zero-order valence-corrected chi connectivity index (χ0v) is 9.33. The smallest absolute Gasteiger partial charge is 0.0393 e. The highest BCUT2D eigenvalue weighted by Gasteiger charge is 2.04. The van der Waals surface area contributed by atoms with Crippen molar-refractivity contribution < 1.29 is 0 Å². The lowest BCUT2D eigenvalue weighted by Gasteiger charge is -2.17. The van der Waals surface area contributed by atoms with Gasteiger partial charge in [0.1, 0.15) is 0 Å². The Morgan fingerprint density at radius 3 is 2.50 bits per heavy atom. The number of benzene rings is 1. The zero-order valence-electron chi connectivity index (χ0n) is 9.33. The van der Waals surface area contributed by atoms with Crippen molar-refractivity contribution in [2.75, 3.05) is 19.0 Å². The van der Waals surface area contributed by atoms with E-state index in [-0.39, 0.29) is 6.04 Å². The lowest BCUT2D eigenvalue weighted by molar-refractivity contribution is 0.666. The minimum Gasteiger partial charge on any atom is -0.377 e. The largest absolute Gasteiger partial charge is 0.377 e. The molecule has 0 bridgehead atoms. The molecule has 0 aliphatic carbocycles. The molecule has 0 unspecified atom stereocenters. The number of nitrogens with zero attached hydrogens (tertiary/aromatic N) is 1. The fourth-order valence-electron chi connectivity index (χ4n) is 1.54. The molecule has 0 radical (unpaired) electrons. The zero-order chi connectivity index (χ0) is 10.6. The molecule has 0 saturated carbocycles. The second kappa shape index (κ2) is 5.01. The van der Waals surface area contributed by atoms with Gasteiger partial charge in [-0.2, -0.15) is 0 Å². The molecule has 0 aliphatic heterocycles. The fourth-order valence-corrected chi connectivity index (χ4v) is 1.54. The van der Waals surface area contributed by atoms with Gasteiger partial charge in [-0.3, -0.25) is 0 Å². The monoisotopic (exact) mass is 192 g/mol. The third kappa shape index (κ3) is 3.04. The van der Waals surface area contributed by atoms with Crippen LogP contribution in [0.15, 0.2) is 24.3 Å². The van der Waals surface area contributed by atoms with Crippen LogP contribution in [0.1, 0.15) is 18.9 Å². The van der Waals surface area contributed by atoms with Crippen molar-refractivity contribution in [3.63, 3.8) is 0 Å². The number of hydrogen-bond donors (Lipinski definition) is 1. The number of hydrogen-bond acceptors (Lipinski definition) is 2. The Labute approximate surface area is 86.7 Å². The third-order valence-electron chi connectivity index (χ3n) is 2.34. The van der Waals surface area contributed by atoms with E-state index in [0.717, 1.165) is 12.8 Å². The van der Waals surface area contributed by atoms with E-state index in [2.05, 4.69) is 50.2 Å². The predicted octanol–water partition coefficient (Wildman–Crippen LogP) is 2.03. The van der Waals surface area contributed by atoms with Gasteiger partial charge in [-0.25, -0.2) is 0 Å². The van der Waals surface area contributed by atoms with E-state index < -0.39 is 0 Å². The topological polar surface area (TPSA) is 29.3 Å². The van der Waals surface area contributed by atoms with Crippen molar-refractivity contribution in [2.24, 2.45) is 5.73 Å². The van der Waals surface area contributed by atoms with E-state index >= 15 is 0 Å². The Balaban J connectivity index is 2.74. The molecule has 0 heterocycles. The Hall–Kier alpha value is -1.02. The van der Waals surface area contributed by atoms with Gasteiger partial charge in [0, 0.05) is 25.8 Å². The van der Waals surface area contributed by atoms with Crippen LogP contribution in [-0.2, 0) is 6.42 Å². The van der Waals surface area contributed by atoms with Crippen molar-refractivity contribution in [2.45, 2.75) is 25.8 Å². The van der Waals surface area contributed by atoms with Crippen LogP contribution in [0.3, 0.4) is 0 Å². The molecule has 2 nitrogen and oxygen atoms in total. The van der Waals surface area contributed by atoms with E-state index in [4.69, 9.17) is 5.73 Å². The summed E-state index contributed by atoms with van der Waals surface area (Å²) in [7, 11) is 4.15. The van der Waals surface area contributed by atoms with Crippen molar-refractivity contribution in [3.8, 4) is 0 Å². The first-order valence-corrected chi connectivity index (χ1v) is 5.12. The van der Waals surface area contributed by atoms with Gasteiger partial charge < -0.3 is 10.6 Å². The van der Waals surface area contributed by atoms with Crippen LogP contribution in [0.5, 0.6) is 0 Å². The second-order valence-corrected chi connectivity index (χ2v) is 4.04. The second-order valence-electron chi connectivity index (χ2n) is 4.04. The highest BCUT2D eigenvalue weighted by Crippen LogP contribution is 2.19. The summed E-state index contributed by atoms with van der Waals surface area (Å²) >= 11 is 0. The summed E-state index contributed by atoms with van der Waals surface area (Å²) in [6, 6.07) is 8.77. The maximum absolute atomic E-state index is 5.75. The van der Waals surface area contributed by atoms with Crippen molar-refractivity contribution in [1.82, 2.24) is 0 Å². The van der Waals surface area contributed by atoms with Crippen LogP contribution in [0.2, 0.25) is 0 Å². The average Bonchev–Trinajstić information content (AvgIpc) is 2.15. The van der Waals surface area contributed by atoms with Crippen molar-refractivity contribution in [3.05, 3.63) is 29.8 Å². The molecule has 78 valence electrons. The molecule has 1 aromatic carbocycles. The molecule has 0 aliphatic rings. The molecule has 2 heteroatoms. The van der Waals surface area contributed by atoms with Gasteiger partial charge in [0.05, 0.1) is 0 Å². The lowest BCUT2D eigenvalue weighted by Crippen LogP contribution is -2.17. The van der Waals surface area contributed by atoms with Gasteiger partial charge in [-0.1, -0.05) is 18.2 Å². The summed E-state index contributed by atoms with van der Waals surface area (Å²) in [5.41, 5.74) is 8.44. The summed E-state index contributed by atoms with van der Waals surface area (Å²) < 4.78 is 0. The van der Waals surface area contributed by atoms with E-state index in [0.29, 0.717) is 0 Å². The van der Waals surface area contributed by atoms with Crippen LogP contribution < -0.4 is 10.6 Å². The van der Waals surface area contributed by atoms with Gasteiger partial charge in [-0.15, -0.1) is 0 Å². The van der Waals surface area contributed by atoms with Gasteiger partial charge >= 0.3 is 0 Å². The molecule has 0 spiro atoms. The van der Waals surface area contributed by atoms with E-state index in [1.165, 1.54) is 11.3 Å². The molecular formula is C12H20N2. The fraction of sp³-hybridized carbons (Fsp3) is 0.500. The molecule has 1 aromatic rings. The Kier molecular flexibility index (Phi) is 3.96. The SMILES string of the molecule is C[C@@H](N)CCc1ccccc1N(C)C. The average molecular weight is 192 g/mol. The molecule has 1 rings (SSSR count). The first kappa shape index (κ1) is 11.1. The lowest BCUT2D eigenvalue weighted by atomic mass is 10.0. The maximum atomic E-state index is 5.75. The number of anilines is 1. The van der Waals surface area contributed by atoms with Crippen LogP contribution in [-0.4, -0.2) is 20.1 Å². The number of rotatable bonds is 4. The van der Waals surface area contributed by atoms with Gasteiger partial charge in [0.2, 0.25) is 0 Å². The number of para-hydroxylation sites is 1. The summed E-state index contributed by atoms with van der Waals surface area (Å²) in [6.45, 7) is 2.05. The first-order chi connectivity index (χ1) is 6.61. The maximum Gasteiger partial charge on any atom is 0.0393 e. The molecule has 2 N–H and O–H groups in total. The summed E-state index contributed by atoms with van der Waals surface area (Å²) in [6.07, 6.45) is 2.11. The summed E-state index contributed by atoms with van der Waals surface area (Å²) in [5.74, 6) is 0. The van der Waals surface area contributed by atoms with Crippen LogP contribution in [0.4, 0.5) is 5.69 Å². The summed E-state index contributed by atoms with van der Waals surface area (Å²) in [4.78, 5) is 2.15. The first-order valence-electron chi connectivity index (χ1n) is 5.12. The van der Waals surface area contributed by atoms with E-state index in [9.17, 15) is 0 Å². The van der Waals surface area contributed by atoms with Crippen LogP contribution in [0.25, 0.3) is 0 Å². The molecule has 14 heavy (non-hydrogen) atoms. The minimum atomic E-state index is 0.283. The Bertz CT molecular complexity index is 279. The summed E-state index contributed by atoms with van der Waals surface area (Å²) in [5, 5.41) is 0. The molecule has 0 amide bonds. The van der Waals surface area contributed by atoms with Crippen molar-refractivity contribution in [1.29, 1.82) is 0 Å². The molecule has 0 fully saturated rings. The van der Waals surface area contributed by atoms with Crippen LogP contribution >= 0.6 is 0 Å². The Morgan fingerprint density at radius 2 is 1.93 bits per heavy atom. The van der Waals surface area contributed by atoms with Gasteiger partial charge in [-0.05, 0) is 31.4 Å². The van der Waals surface area contributed by atoms with E-state index in [1.54, 1.807) is 0 Å². The molecule has 0 aromatic heterocycles. The normalized spacial score (nSPS) is 12.6. The third-order valence-corrected chi connectivity index (χ3v) is 2.34. The highest BCUT2D eigenvalue weighted by atomic mass is 15.1. The highest BCUT2D eigenvalue weighted by molar-refractivity contribution is 5.52.